The van der Waals surface area contributed by atoms with Crippen molar-refractivity contribution in [3.63, 3.8) is 0 Å². The number of sulfonamides is 1. The van der Waals surface area contributed by atoms with E-state index in [-0.39, 0.29) is 5.03 Å². The molecule has 2 N–H and O–H groups in total. The Kier molecular flexibility index (Phi) is 3.56. The van der Waals surface area contributed by atoms with Crippen LogP contribution in [-0.2, 0) is 16.6 Å². The highest BCUT2D eigenvalue weighted by Crippen LogP contribution is 2.28. The molecule has 6 heteroatoms. The molecular weight excluding hydrogens is 262 g/mol. The van der Waals surface area contributed by atoms with Gasteiger partial charge in [-0.15, -0.1) is 0 Å². The van der Waals surface area contributed by atoms with E-state index in [1.807, 2.05) is 6.07 Å². The Hall–Kier alpha value is -0.980. The lowest BCUT2D eigenvalue weighted by molar-refractivity contribution is 0.573. The predicted octanol–water partition coefficient (Wildman–Crippen LogP) is 1.02. The van der Waals surface area contributed by atoms with E-state index in [1.54, 1.807) is 12.3 Å². The Morgan fingerprint density at radius 3 is 2.58 bits per heavy atom. The smallest absolute Gasteiger partial charge is 0.258 e. The number of pyridine rings is 1. The average molecular weight is 281 g/mol. The normalized spacial score (nSPS) is 19.6. The third-order valence-corrected chi connectivity index (χ3v) is 4.84. The molecule has 0 unspecified atom stereocenters. The summed E-state index contributed by atoms with van der Waals surface area (Å²) in [6, 6.07) is 4.05. The highest BCUT2D eigenvalue weighted by molar-refractivity contribution is 7.89. The molecule has 2 saturated carbocycles. The van der Waals surface area contributed by atoms with Gasteiger partial charge in [-0.05, 0) is 43.2 Å². The average Bonchev–Trinajstić information content (AvgIpc) is 3.29. The van der Waals surface area contributed by atoms with Crippen LogP contribution in [0.25, 0.3) is 0 Å². The maximum absolute atomic E-state index is 12.0. The summed E-state index contributed by atoms with van der Waals surface area (Å²) in [5, 5.41) is 3.49. The van der Waals surface area contributed by atoms with Gasteiger partial charge in [-0.25, -0.2) is 18.1 Å². The summed E-state index contributed by atoms with van der Waals surface area (Å²) in [7, 11) is -3.43. The van der Waals surface area contributed by atoms with Crippen molar-refractivity contribution >= 4 is 10.0 Å². The molecule has 5 nitrogen and oxygen atoms in total. The van der Waals surface area contributed by atoms with Crippen LogP contribution in [0.4, 0.5) is 0 Å². The van der Waals surface area contributed by atoms with Gasteiger partial charge in [0.2, 0.25) is 0 Å². The lowest BCUT2D eigenvalue weighted by Gasteiger charge is -2.06. The van der Waals surface area contributed by atoms with Crippen LogP contribution < -0.4 is 10.0 Å². The van der Waals surface area contributed by atoms with Crippen LogP contribution in [0, 0.1) is 5.92 Å². The van der Waals surface area contributed by atoms with E-state index in [1.165, 1.54) is 12.8 Å². The van der Waals surface area contributed by atoms with Crippen LogP contribution >= 0.6 is 0 Å². The second-order valence-electron chi connectivity index (χ2n) is 5.46. The van der Waals surface area contributed by atoms with Gasteiger partial charge in [-0.1, -0.05) is 6.07 Å². The molecule has 0 spiro atoms. The minimum Gasteiger partial charge on any atom is -0.310 e. The summed E-state index contributed by atoms with van der Waals surface area (Å²) in [6.45, 7) is 1.29. The van der Waals surface area contributed by atoms with Crippen molar-refractivity contribution in [3.8, 4) is 0 Å². The molecule has 1 aromatic heterocycles. The zero-order valence-corrected chi connectivity index (χ0v) is 11.6. The molecule has 3 rings (SSSR count). The topological polar surface area (TPSA) is 71.1 Å². The van der Waals surface area contributed by atoms with Crippen LogP contribution in [0.5, 0.6) is 0 Å². The molecule has 0 saturated heterocycles. The molecule has 2 aliphatic rings. The van der Waals surface area contributed by atoms with E-state index in [0.717, 1.165) is 24.9 Å². The van der Waals surface area contributed by atoms with Gasteiger partial charge >= 0.3 is 0 Å². The lowest BCUT2D eigenvalue weighted by Crippen LogP contribution is -2.26. The summed E-state index contributed by atoms with van der Waals surface area (Å²) in [6.07, 6.45) is 6.38. The highest BCUT2D eigenvalue weighted by atomic mass is 32.2. The first kappa shape index (κ1) is 13.0. The first-order valence-electron chi connectivity index (χ1n) is 6.81. The summed E-state index contributed by atoms with van der Waals surface area (Å²) in [5.74, 6) is 0.525. The number of nitrogens with one attached hydrogen (secondary N) is 2. The molecular formula is C13H19N3O2S. The van der Waals surface area contributed by atoms with Gasteiger partial charge in [0.25, 0.3) is 10.0 Å². The maximum Gasteiger partial charge on any atom is 0.258 e. The molecule has 0 aromatic carbocycles. The third kappa shape index (κ3) is 3.75. The zero-order valence-electron chi connectivity index (χ0n) is 10.8. The minimum atomic E-state index is -3.43. The fourth-order valence-corrected chi connectivity index (χ4v) is 2.89. The number of aromatic nitrogens is 1. The van der Waals surface area contributed by atoms with Crippen molar-refractivity contribution in [1.29, 1.82) is 0 Å². The van der Waals surface area contributed by atoms with Gasteiger partial charge in [0.05, 0.1) is 0 Å². The Morgan fingerprint density at radius 1 is 1.21 bits per heavy atom. The summed E-state index contributed by atoms with van der Waals surface area (Å²) < 4.78 is 26.5. The van der Waals surface area contributed by atoms with Crippen LogP contribution in [0.1, 0.15) is 31.2 Å². The summed E-state index contributed by atoms with van der Waals surface area (Å²) >= 11 is 0. The zero-order chi connectivity index (χ0) is 13.3. The Bertz CT molecular complexity index is 534. The van der Waals surface area contributed by atoms with Crippen LogP contribution in [0.2, 0.25) is 0 Å². The molecule has 2 aliphatic carbocycles. The summed E-state index contributed by atoms with van der Waals surface area (Å²) in [5.41, 5.74) is 1.02. The number of rotatable bonds is 7. The molecule has 1 heterocycles. The number of hydrogen-bond donors (Lipinski definition) is 2. The highest BCUT2D eigenvalue weighted by Gasteiger charge is 2.25. The van der Waals surface area contributed by atoms with E-state index in [0.29, 0.717) is 18.5 Å². The van der Waals surface area contributed by atoms with Crippen molar-refractivity contribution < 1.29 is 8.42 Å². The Balaban J connectivity index is 1.59. The SMILES string of the molecule is O=S(=O)(NCC1CC1)c1ccc(CNC2CC2)cn1. The molecule has 0 bridgehead atoms. The van der Waals surface area contributed by atoms with Crippen molar-refractivity contribution in [2.75, 3.05) is 6.54 Å². The Labute approximate surface area is 113 Å². The molecule has 104 valence electrons. The van der Waals surface area contributed by atoms with Gasteiger partial charge in [0, 0.05) is 25.3 Å². The van der Waals surface area contributed by atoms with Crippen molar-refractivity contribution in [1.82, 2.24) is 15.0 Å². The van der Waals surface area contributed by atoms with Crippen LogP contribution in [0.15, 0.2) is 23.4 Å². The quantitative estimate of drug-likeness (QED) is 0.783. The fourth-order valence-electron chi connectivity index (χ4n) is 1.85. The maximum atomic E-state index is 12.0. The van der Waals surface area contributed by atoms with E-state index in [2.05, 4.69) is 15.0 Å². The molecule has 0 radical (unpaired) electrons. The monoisotopic (exact) mass is 281 g/mol. The third-order valence-electron chi connectivity index (χ3n) is 3.50. The standard InChI is InChI=1S/C13H19N3O2S/c17-19(18,16-9-10-1-2-10)13-6-3-11(8-15-13)7-14-12-4-5-12/h3,6,8,10,12,14,16H,1-2,4-5,7,9H2. The largest absolute Gasteiger partial charge is 0.310 e. The van der Waals surface area contributed by atoms with Crippen LogP contribution in [0.3, 0.4) is 0 Å². The first-order chi connectivity index (χ1) is 9.13. The van der Waals surface area contributed by atoms with Gasteiger partial charge in [0.1, 0.15) is 0 Å². The van der Waals surface area contributed by atoms with E-state index < -0.39 is 10.0 Å². The number of hydrogen-bond acceptors (Lipinski definition) is 4. The van der Waals surface area contributed by atoms with Gasteiger partial charge in [-0.3, -0.25) is 0 Å². The minimum absolute atomic E-state index is 0.114. The molecule has 2 fully saturated rings. The second kappa shape index (κ2) is 5.19. The molecule has 0 aliphatic heterocycles. The molecule has 19 heavy (non-hydrogen) atoms. The molecule has 0 amide bonds. The van der Waals surface area contributed by atoms with Gasteiger partial charge < -0.3 is 5.32 Å². The lowest BCUT2D eigenvalue weighted by atomic mass is 10.3. The van der Waals surface area contributed by atoms with E-state index in [9.17, 15) is 8.42 Å². The van der Waals surface area contributed by atoms with Gasteiger partial charge in [0.15, 0.2) is 5.03 Å². The molecule has 1 aromatic rings. The van der Waals surface area contributed by atoms with Crippen molar-refractivity contribution in [3.05, 3.63) is 23.9 Å². The van der Waals surface area contributed by atoms with Crippen molar-refractivity contribution in [2.24, 2.45) is 5.92 Å². The summed E-state index contributed by atoms with van der Waals surface area (Å²) in [4.78, 5) is 4.06. The van der Waals surface area contributed by atoms with Crippen LogP contribution in [-0.4, -0.2) is 26.0 Å². The predicted molar refractivity (Wildman–Crippen MR) is 72.0 cm³/mol. The first-order valence-corrected chi connectivity index (χ1v) is 8.30. The fraction of sp³-hybridized carbons (Fsp3) is 0.615. The molecule has 0 atom stereocenters. The van der Waals surface area contributed by atoms with E-state index >= 15 is 0 Å². The Morgan fingerprint density at radius 2 is 2.00 bits per heavy atom. The van der Waals surface area contributed by atoms with Crippen molar-refractivity contribution in [2.45, 2.75) is 43.3 Å². The second-order valence-corrected chi connectivity index (χ2v) is 7.17. The van der Waals surface area contributed by atoms with Gasteiger partial charge in [-0.2, -0.15) is 0 Å². The van der Waals surface area contributed by atoms with E-state index in [4.69, 9.17) is 0 Å². The number of nitrogens with zero attached hydrogens (tertiary/aromatic N) is 1.